The number of pyridine rings is 1. The molecule has 2 heterocycles. The van der Waals surface area contributed by atoms with Crippen LogP contribution in [0, 0.1) is 6.92 Å². The summed E-state index contributed by atoms with van der Waals surface area (Å²) in [5, 5.41) is 4.52. The van der Waals surface area contributed by atoms with Crippen molar-refractivity contribution in [3.05, 3.63) is 47.0 Å². The fourth-order valence-electron chi connectivity index (χ4n) is 2.70. The van der Waals surface area contributed by atoms with Gasteiger partial charge in [-0.1, -0.05) is 13.0 Å². The molecule has 2 rings (SSSR count). The van der Waals surface area contributed by atoms with Crippen molar-refractivity contribution in [1.82, 2.24) is 19.7 Å². The minimum absolute atomic E-state index is 0.163. The number of aromatic nitrogens is 3. The fraction of sp³-hybridized carbons (Fsp3) is 0.500. The van der Waals surface area contributed by atoms with Crippen LogP contribution in [-0.2, 0) is 20.0 Å². The molecule has 0 bridgehead atoms. The van der Waals surface area contributed by atoms with E-state index in [1.165, 1.54) is 5.56 Å². The highest BCUT2D eigenvalue weighted by molar-refractivity contribution is 5.22. The topological polar surface area (TPSA) is 60.0 Å². The highest BCUT2D eigenvalue weighted by atomic mass is 15.3. The van der Waals surface area contributed by atoms with E-state index in [1.807, 2.05) is 30.8 Å². The van der Waals surface area contributed by atoms with Gasteiger partial charge in [0.1, 0.15) is 0 Å². The first-order valence-electron chi connectivity index (χ1n) is 7.40. The molecule has 0 saturated carbocycles. The number of aryl methyl sites for hydroxylation is 3. The Labute approximate surface area is 126 Å². The molecule has 0 aromatic carbocycles. The van der Waals surface area contributed by atoms with Crippen LogP contribution in [0.1, 0.15) is 35.6 Å². The monoisotopic (exact) mass is 287 g/mol. The van der Waals surface area contributed by atoms with Crippen molar-refractivity contribution in [3.63, 3.8) is 0 Å². The van der Waals surface area contributed by atoms with E-state index in [0.717, 1.165) is 30.0 Å². The smallest absolute Gasteiger partial charge is 0.0670 e. The van der Waals surface area contributed by atoms with E-state index >= 15 is 0 Å². The van der Waals surface area contributed by atoms with Crippen LogP contribution in [0.5, 0.6) is 0 Å². The molecule has 0 aliphatic carbocycles. The summed E-state index contributed by atoms with van der Waals surface area (Å²) in [6.45, 7) is 5.49. The van der Waals surface area contributed by atoms with Gasteiger partial charge >= 0.3 is 0 Å². The van der Waals surface area contributed by atoms with Crippen molar-refractivity contribution in [2.45, 2.75) is 32.9 Å². The van der Waals surface area contributed by atoms with Crippen LogP contribution in [0.25, 0.3) is 0 Å². The summed E-state index contributed by atoms with van der Waals surface area (Å²) in [7, 11) is 4.05. The maximum absolute atomic E-state index is 6.02. The molecule has 1 unspecified atom stereocenters. The van der Waals surface area contributed by atoms with Crippen molar-refractivity contribution in [1.29, 1.82) is 0 Å². The summed E-state index contributed by atoms with van der Waals surface area (Å²) in [5.74, 6) is 0. The first-order chi connectivity index (χ1) is 10.0. The van der Waals surface area contributed by atoms with E-state index < -0.39 is 0 Å². The average molecular weight is 287 g/mol. The molecule has 0 spiro atoms. The van der Waals surface area contributed by atoms with Gasteiger partial charge in [-0.3, -0.25) is 14.6 Å². The number of hydrogen-bond donors (Lipinski definition) is 1. The predicted octanol–water partition coefficient (Wildman–Crippen LogP) is 1.82. The van der Waals surface area contributed by atoms with Crippen LogP contribution in [-0.4, -0.2) is 33.3 Å². The average Bonchev–Trinajstić information content (AvgIpc) is 2.80. The number of nitrogens with two attached hydrogens (primary N) is 1. The van der Waals surface area contributed by atoms with Crippen LogP contribution >= 0.6 is 0 Å². The number of hydrogen-bond acceptors (Lipinski definition) is 4. The molecule has 114 valence electrons. The Balaban J connectivity index is 2.20. The van der Waals surface area contributed by atoms with Gasteiger partial charge in [0.25, 0.3) is 0 Å². The predicted molar refractivity (Wildman–Crippen MR) is 84.8 cm³/mol. The standard InChI is InChI=1S/C16H25N5/c1-5-15-14(11-21(4)19-15)16(9-17)20(3)10-13-8-6-7-12(2)18-13/h6-8,11,16H,5,9-10,17H2,1-4H3. The Morgan fingerprint density at radius 3 is 2.76 bits per heavy atom. The van der Waals surface area contributed by atoms with Gasteiger partial charge in [-0.25, -0.2) is 0 Å². The van der Waals surface area contributed by atoms with E-state index in [4.69, 9.17) is 5.73 Å². The summed E-state index contributed by atoms with van der Waals surface area (Å²) in [4.78, 5) is 6.82. The van der Waals surface area contributed by atoms with Crippen molar-refractivity contribution >= 4 is 0 Å². The summed E-state index contributed by atoms with van der Waals surface area (Å²) in [6.07, 6.45) is 3.00. The van der Waals surface area contributed by atoms with Crippen LogP contribution in [0.4, 0.5) is 0 Å². The first-order valence-corrected chi connectivity index (χ1v) is 7.40. The highest BCUT2D eigenvalue weighted by Gasteiger charge is 2.21. The van der Waals surface area contributed by atoms with E-state index in [-0.39, 0.29) is 6.04 Å². The van der Waals surface area contributed by atoms with Crippen LogP contribution in [0.15, 0.2) is 24.4 Å². The quantitative estimate of drug-likeness (QED) is 0.880. The van der Waals surface area contributed by atoms with Gasteiger partial charge in [0.15, 0.2) is 0 Å². The van der Waals surface area contributed by atoms with E-state index in [9.17, 15) is 0 Å². The Kier molecular flexibility index (Phi) is 5.09. The molecule has 2 aromatic heterocycles. The normalized spacial score (nSPS) is 12.9. The molecular formula is C16H25N5. The van der Waals surface area contributed by atoms with Gasteiger partial charge in [0, 0.05) is 37.6 Å². The molecular weight excluding hydrogens is 262 g/mol. The molecule has 0 fully saturated rings. The fourth-order valence-corrected chi connectivity index (χ4v) is 2.70. The third-order valence-corrected chi connectivity index (χ3v) is 3.74. The third-order valence-electron chi connectivity index (χ3n) is 3.74. The zero-order valence-corrected chi connectivity index (χ0v) is 13.4. The Bertz CT molecular complexity index is 590. The van der Waals surface area contributed by atoms with Gasteiger partial charge in [-0.15, -0.1) is 0 Å². The third kappa shape index (κ3) is 3.68. The lowest BCUT2D eigenvalue weighted by atomic mass is 10.0. The van der Waals surface area contributed by atoms with Crippen LogP contribution in [0.3, 0.4) is 0 Å². The molecule has 2 aromatic rings. The molecule has 21 heavy (non-hydrogen) atoms. The molecule has 0 amide bonds. The van der Waals surface area contributed by atoms with Gasteiger partial charge in [0.2, 0.25) is 0 Å². The number of likely N-dealkylation sites (N-methyl/N-ethyl adjacent to an activating group) is 1. The van der Waals surface area contributed by atoms with Gasteiger partial charge in [-0.2, -0.15) is 5.10 Å². The SMILES string of the molecule is CCc1nn(C)cc1C(CN)N(C)Cc1cccc(C)n1. The molecule has 0 radical (unpaired) electrons. The lowest BCUT2D eigenvalue weighted by molar-refractivity contribution is 0.238. The molecule has 0 saturated heterocycles. The van der Waals surface area contributed by atoms with Crippen molar-refractivity contribution in [2.24, 2.45) is 12.8 Å². The lowest BCUT2D eigenvalue weighted by Gasteiger charge is -2.26. The van der Waals surface area contributed by atoms with Gasteiger partial charge < -0.3 is 5.73 Å². The molecule has 0 aliphatic rings. The molecule has 0 aliphatic heterocycles. The van der Waals surface area contributed by atoms with Gasteiger partial charge in [0.05, 0.1) is 17.4 Å². The maximum atomic E-state index is 6.02. The highest BCUT2D eigenvalue weighted by Crippen LogP contribution is 2.23. The second kappa shape index (κ2) is 6.83. The summed E-state index contributed by atoms with van der Waals surface area (Å²) in [6, 6.07) is 6.28. The molecule has 5 heteroatoms. The number of nitrogens with zero attached hydrogens (tertiary/aromatic N) is 4. The summed E-state index contributed by atoms with van der Waals surface area (Å²) >= 11 is 0. The minimum atomic E-state index is 0.163. The Morgan fingerprint density at radius 1 is 1.38 bits per heavy atom. The molecule has 1 atom stereocenters. The maximum Gasteiger partial charge on any atom is 0.0670 e. The first kappa shape index (κ1) is 15.7. The van der Waals surface area contributed by atoms with Crippen molar-refractivity contribution in [2.75, 3.05) is 13.6 Å². The second-order valence-electron chi connectivity index (χ2n) is 5.50. The summed E-state index contributed by atoms with van der Waals surface area (Å²) < 4.78 is 1.87. The zero-order valence-electron chi connectivity index (χ0n) is 13.4. The molecule has 2 N–H and O–H groups in total. The van der Waals surface area contributed by atoms with Crippen molar-refractivity contribution in [3.8, 4) is 0 Å². The second-order valence-corrected chi connectivity index (χ2v) is 5.50. The Morgan fingerprint density at radius 2 is 2.14 bits per heavy atom. The van der Waals surface area contributed by atoms with E-state index in [0.29, 0.717) is 6.54 Å². The summed E-state index contributed by atoms with van der Waals surface area (Å²) in [5.41, 5.74) is 10.5. The number of rotatable bonds is 6. The largest absolute Gasteiger partial charge is 0.329 e. The van der Waals surface area contributed by atoms with Gasteiger partial charge in [-0.05, 0) is 32.5 Å². The Hall–Kier alpha value is -1.72. The van der Waals surface area contributed by atoms with Crippen LogP contribution in [0.2, 0.25) is 0 Å². The van der Waals surface area contributed by atoms with E-state index in [1.54, 1.807) is 0 Å². The minimum Gasteiger partial charge on any atom is -0.329 e. The van der Waals surface area contributed by atoms with Crippen molar-refractivity contribution < 1.29 is 0 Å². The zero-order chi connectivity index (χ0) is 15.4. The van der Waals surface area contributed by atoms with Crippen LogP contribution < -0.4 is 5.73 Å². The lowest BCUT2D eigenvalue weighted by Crippen LogP contribution is -2.31. The van der Waals surface area contributed by atoms with E-state index in [2.05, 4.69) is 41.2 Å². The molecule has 5 nitrogen and oxygen atoms in total.